The smallest absolute Gasteiger partial charge is 0.0952 e. The van der Waals surface area contributed by atoms with E-state index in [-0.39, 0.29) is 12.2 Å². The molecule has 0 aliphatic carbocycles. The zero-order valence-electron chi connectivity index (χ0n) is 9.65. The van der Waals surface area contributed by atoms with E-state index >= 15 is 0 Å². The molecule has 0 saturated heterocycles. The van der Waals surface area contributed by atoms with Gasteiger partial charge in [-0.05, 0) is 24.5 Å². The first kappa shape index (κ1) is 11.6. The number of aliphatic hydroxyl groups excluding tert-OH is 1. The van der Waals surface area contributed by atoms with Crippen LogP contribution >= 0.6 is 0 Å². The first-order valence-electron chi connectivity index (χ1n) is 5.85. The molecule has 1 aliphatic rings. The van der Waals surface area contributed by atoms with Crippen LogP contribution < -0.4 is 5.32 Å². The fourth-order valence-corrected chi connectivity index (χ4v) is 2.07. The van der Waals surface area contributed by atoms with Crippen molar-refractivity contribution in [2.45, 2.75) is 25.6 Å². The molecule has 2 atom stereocenters. The Morgan fingerprint density at radius 2 is 2.31 bits per heavy atom. The molecule has 1 aromatic carbocycles. The van der Waals surface area contributed by atoms with Crippen LogP contribution in [0.5, 0.6) is 0 Å². The zero-order valence-corrected chi connectivity index (χ0v) is 9.65. The number of ether oxygens (including phenoxy) is 1. The molecule has 0 saturated carbocycles. The van der Waals surface area contributed by atoms with Gasteiger partial charge in [-0.15, -0.1) is 0 Å². The number of aliphatic hydroxyl groups is 1. The van der Waals surface area contributed by atoms with Gasteiger partial charge in [0.2, 0.25) is 0 Å². The summed E-state index contributed by atoms with van der Waals surface area (Å²) in [5, 5.41) is 12.4. The molecule has 0 aromatic heterocycles. The van der Waals surface area contributed by atoms with Gasteiger partial charge in [-0.25, -0.2) is 0 Å². The van der Waals surface area contributed by atoms with Crippen molar-refractivity contribution in [3.63, 3.8) is 0 Å². The third kappa shape index (κ3) is 2.82. The van der Waals surface area contributed by atoms with Crippen LogP contribution in [0.15, 0.2) is 24.3 Å². The van der Waals surface area contributed by atoms with Crippen LogP contribution in [-0.4, -0.2) is 30.9 Å². The molecule has 2 rings (SSSR count). The van der Waals surface area contributed by atoms with Crippen LogP contribution in [0, 0.1) is 0 Å². The van der Waals surface area contributed by atoms with E-state index in [0.717, 1.165) is 19.6 Å². The van der Waals surface area contributed by atoms with E-state index in [1.54, 1.807) is 6.92 Å². The molecule has 3 heteroatoms. The van der Waals surface area contributed by atoms with Gasteiger partial charge in [-0.3, -0.25) is 0 Å². The number of hydrogen-bond acceptors (Lipinski definition) is 3. The van der Waals surface area contributed by atoms with Crippen LogP contribution in [0.2, 0.25) is 0 Å². The Morgan fingerprint density at radius 3 is 3.12 bits per heavy atom. The summed E-state index contributed by atoms with van der Waals surface area (Å²) in [5.74, 6) is 0. The molecule has 16 heavy (non-hydrogen) atoms. The third-order valence-corrected chi connectivity index (χ3v) is 2.86. The molecule has 2 N–H and O–H groups in total. The van der Waals surface area contributed by atoms with Crippen molar-refractivity contribution in [3.8, 4) is 0 Å². The minimum Gasteiger partial charge on any atom is -0.392 e. The molecular weight excluding hydrogens is 202 g/mol. The van der Waals surface area contributed by atoms with Crippen molar-refractivity contribution in [2.24, 2.45) is 0 Å². The highest BCUT2D eigenvalue weighted by atomic mass is 16.5. The average molecular weight is 221 g/mol. The van der Waals surface area contributed by atoms with Crippen molar-refractivity contribution >= 4 is 0 Å². The van der Waals surface area contributed by atoms with E-state index in [0.29, 0.717) is 6.54 Å². The van der Waals surface area contributed by atoms with Gasteiger partial charge in [-0.2, -0.15) is 0 Å². The van der Waals surface area contributed by atoms with Gasteiger partial charge in [0.25, 0.3) is 0 Å². The van der Waals surface area contributed by atoms with Gasteiger partial charge in [0.15, 0.2) is 0 Å². The molecule has 3 nitrogen and oxygen atoms in total. The zero-order chi connectivity index (χ0) is 11.4. The first-order valence-corrected chi connectivity index (χ1v) is 5.85. The summed E-state index contributed by atoms with van der Waals surface area (Å²) >= 11 is 0. The second-order valence-electron chi connectivity index (χ2n) is 4.32. The Kier molecular flexibility index (Phi) is 3.93. The normalized spacial score (nSPS) is 21.5. The lowest BCUT2D eigenvalue weighted by atomic mass is 9.97. The quantitative estimate of drug-likeness (QED) is 0.804. The molecule has 0 spiro atoms. The Labute approximate surface area is 96.4 Å². The molecule has 2 unspecified atom stereocenters. The predicted octanol–water partition coefficient (Wildman–Crippen LogP) is 1.27. The number of benzene rings is 1. The number of nitrogens with one attached hydrogen (secondary N) is 1. The molecular formula is C13H19NO2. The Morgan fingerprint density at radius 1 is 1.50 bits per heavy atom. The van der Waals surface area contributed by atoms with Crippen molar-refractivity contribution in [1.82, 2.24) is 5.32 Å². The summed E-state index contributed by atoms with van der Waals surface area (Å²) in [6.07, 6.45) is 0.825. The summed E-state index contributed by atoms with van der Waals surface area (Å²) in [5.41, 5.74) is 2.67. The lowest BCUT2D eigenvalue weighted by Gasteiger charge is -2.26. The monoisotopic (exact) mass is 221 g/mol. The highest BCUT2D eigenvalue weighted by molar-refractivity contribution is 5.31. The van der Waals surface area contributed by atoms with E-state index in [1.807, 2.05) is 0 Å². The van der Waals surface area contributed by atoms with Crippen molar-refractivity contribution in [2.75, 3.05) is 19.7 Å². The fraction of sp³-hybridized carbons (Fsp3) is 0.538. The third-order valence-electron chi connectivity index (χ3n) is 2.86. The van der Waals surface area contributed by atoms with E-state index in [2.05, 4.69) is 29.6 Å². The SMILES string of the molecule is CC(O)CNCC1OCCc2ccccc21. The maximum Gasteiger partial charge on any atom is 0.0952 e. The van der Waals surface area contributed by atoms with Crippen LogP contribution in [0.25, 0.3) is 0 Å². The Bertz CT molecular complexity index is 338. The Balaban J connectivity index is 1.96. The molecule has 1 aliphatic heterocycles. The summed E-state index contributed by atoms with van der Waals surface area (Å²) < 4.78 is 5.74. The summed E-state index contributed by atoms with van der Waals surface area (Å²) in [6.45, 7) is 3.95. The van der Waals surface area contributed by atoms with Crippen LogP contribution in [-0.2, 0) is 11.2 Å². The van der Waals surface area contributed by atoms with Crippen molar-refractivity contribution in [3.05, 3.63) is 35.4 Å². The highest BCUT2D eigenvalue weighted by Crippen LogP contribution is 2.25. The minimum absolute atomic E-state index is 0.128. The standard InChI is InChI=1S/C13H19NO2/c1-10(15)8-14-9-13-12-5-3-2-4-11(12)6-7-16-13/h2-5,10,13-15H,6-9H2,1H3. The van der Waals surface area contributed by atoms with Crippen molar-refractivity contribution < 1.29 is 9.84 Å². The molecule has 1 heterocycles. The van der Waals surface area contributed by atoms with Gasteiger partial charge in [-0.1, -0.05) is 24.3 Å². The first-order chi connectivity index (χ1) is 7.77. The Hall–Kier alpha value is -0.900. The van der Waals surface area contributed by atoms with Gasteiger partial charge in [0.1, 0.15) is 0 Å². The average Bonchev–Trinajstić information content (AvgIpc) is 2.29. The van der Waals surface area contributed by atoms with Gasteiger partial charge >= 0.3 is 0 Å². The van der Waals surface area contributed by atoms with Crippen LogP contribution in [0.3, 0.4) is 0 Å². The van der Waals surface area contributed by atoms with E-state index in [1.165, 1.54) is 11.1 Å². The number of hydrogen-bond donors (Lipinski definition) is 2. The number of rotatable bonds is 4. The van der Waals surface area contributed by atoms with Gasteiger partial charge in [0.05, 0.1) is 18.8 Å². The highest BCUT2D eigenvalue weighted by Gasteiger charge is 2.19. The largest absolute Gasteiger partial charge is 0.392 e. The maximum atomic E-state index is 9.17. The van der Waals surface area contributed by atoms with E-state index in [9.17, 15) is 5.11 Å². The summed E-state index contributed by atoms with van der Waals surface area (Å²) in [6, 6.07) is 8.42. The molecule has 0 radical (unpaired) electrons. The molecule has 0 amide bonds. The second kappa shape index (κ2) is 5.43. The predicted molar refractivity (Wildman–Crippen MR) is 63.4 cm³/mol. The molecule has 0 fully saturated rings. The molecule has 0 bridgehead atoms. The fourth-order valence-electron chi connectivity index (χ4n) is 2.07. The summed E-state index contributed by atoms with van der Waals surface area (Å²) in [7, 11) is 0. The van der Waals surface area contributed by atoms with Gasteiger partial charge < -0.3 is 15.2 Å². The minimum atomic E-state index is -0.307. The lowest BCUT2D eigenvalue weighted by Crippen LogP contribution is -2.31. The van der Waals surface area contributed by atoms with Crippen LogP contribution in [0.1, 0.15) is 24.2 Å². The maximum absolute atomic E-state index is 9.17. The summed E-state index contributed by atoms with van der Waals surface area (Å²) in [4.78, 5) is 0. The van der Waals surface area contributed by atoms with E-state index in [4.69, 9.17) is 4.74 Å². The second-order valence-corrected chi connectivity index (χ2v) is 4.32. The van der Waals surface area contributed by atoms with E-state index < -0.39 is 0 Å². The van der Waals surface area contributed by atoms with Gasteiger partial charge in [0, 0.05) is 13.1 Å². The molecule has 1 aromatic rings. The van der Waals surface area contributed by atoms with Crippen molar-refractivity contribution in [1.29, 1.82) is 0 Å². The lowest BCUT2D eigenvalue weighted by molar-refractivity contribution is 0.0405. The molecule has 88 valence electrons. The topological polar surface area (TPSA) is 41.5 Å². The van der Waals surface area contributed by atoms with Crippen LogP contribution in [0.4, 0.5) is 0 Å². The number of fused-ring (bicyclic) bond motifs is 1.